The van der Waals surface area contributed by atoms with E-state index in [9.17, 15) is 0 Å². The first-order valence-corrected chi connectivity index (χ1v) is 5.68. The van der Waals surface area contributed by atoms with Gasteiger partial charge < -0.3 is 0 Å². The van der Waals surface area contributed by atoms with Crippen molar-refractivity contribution < 1.29 is 0 Å². The maximum absolute atomic E-state index is 2.66. The van der Waals surface area contributed by atoms with Crippen LogP contribution in [0.25, 0.3) is 0 Å². The molecule has 0 spiro atoms. The van der Waals surface area contributed by atoms with Gasteiger partial charge in [-0.15, -0.1) is 0 Å². The van der Waals surface area contributed by atoms with Crippen LogP contribution in [0.2, 0.25) is 0 Å². The molecule has 0 N–H and O–H groups in total. The highest BCUT2D eigenvalue weighted by molar-refractivity contribution is 5.33. The first-order chi connectivity index (χ1) is 6.86. The van der Waals surface area contributed by atoms with Gasteiger partial charge in [-0.25, -0.2) is 0 Å². The molecule has 0 aromatic heterocycles. The molecule has 0 aliphatic carbocycles. The van der Waals surface area contributed by atoms with Gasteiger partial charge in [0, 0.05) is 12.6 Å². The van der Waals surface area contributed by atoms with Crippen LogP contribution in [-0.4, -0.2) is 18.0 Å². The summed E-state index contributed by atoms with van der Waals surface area (Å²) in [7, 11) is 0. The molecule has 1 nitrogen and oxygen atoms in total. The van der Waals surface area contributed by atoms with Crippen molar-refractivity contribution in [2.45, 2.75) is 25.8 Å². The molecule has 1 unspecified atom stereocenters. The van der Waals surface area contributed by atoms with Crippen LogP contribution in [0.4, 0.5) is 0 Å². The zero-order valence-corrected chi connectivity index (χ0v) is 8.74. The number of nitrogens with zero attached hydrogens (tertiary/aromatic N) is 1. The van der Waals surface area contributed by atoms with Crippen molar-refractivity contribution in [3.63, 3.8) is 0 Å². The predicted octanol–water partition coefficient (Wildman–Crippen LogP) is 2.63. The van der Waals surface area contributed by atoms with E-state index in [0.29, 0.717) is 0 Å². The van der Waals surface area contributed by atoms with Crippen LogP contribution in [0.3, 0.4) is 0 Å². The summed E-state index contributed by atoms with van der Waals surface area (Å²) in [6.45, 7) is 4.97. The Bertz CT molecular complexity index is 345. The Morgan fingerprint density at radius 2 is 2.07 bits per heavy atom. The van der Waals surface area contributed by atoms with Crippen molar-refractivity contribution in [3.8, 4) is 0 Å². The van der Waals surface area contributed by atoms with Crippen LogP contribution in [0.5, 0.6) is 0 Å². The Labute approximate surface area is 85.7 Å². The maximum atomic E-state index is 2.66. The van der Waals surface area contributed by atoms with Crippen LogP contribution in [0, 0.1) is 5.92 Å². The Morgan fingerprint density at radius 1 is 1.21 bits per heavy atom. The third kappa shape index (κ3) is 1.12. The smallest absolute Gasteiger partial charge is 0.0376 e. The molecule has 2 aliphatic heterocycles. The third-order valence-corrected chi connectivity index (χ3v) is 3.85. The van der Waals surface area contributed by atoms with E-state index in [1.54, 1.807) is 11.1 Å². The summed E-state index contributed by atoms with van der Waals surface area (Å²) in [6.07, 6.45) is 2.62. The standard InChI is InChI=1S/C13H17N/c1-10-6-8-14-9-7-11-4-2-3-5-12(11)13(10)14/h2-5,10,13H,6-9H2,1H3/t10?,13-/m1/s1. The molecule has 1 fully saturated rings. The zero-order chi connectivity index (χ0) is 9.54. The first kappa shape index (κ1) is 8.49. The number of hydrogen-bond acceptors (Lipinski definition) is 1. The van der Waals surface area contributed by atoms with Gasteiger partial charge in [-0.1, -0.05) is 31.2 Å². The fourth-order valence-electron chi connectivity index (χ4n) is 3.09. The van der Waals surface area contributed by atoms with Gasteiger partial charge in [-0.05, 0) is 36.4 Å². The summed E-state index contributed by atoms with van der Waals surface area (Å²) in [5.74, 6) is 0.844. The minimum absolute atomic E-state index is 0.722. The topological polar surface area (TPSA) is 3.24 Å². The van der Waals surface area contributed by atoms with Gasteiger partial charge in [0.05, 0.1) is 0 Å². The van der Waals surface area contributed by atoms with E-state index in [2.05, 4.69) is 36.1 Å². The highest BCUT2D eigenvalue weighted by Gasteiger charge is 2.35. The summed E-state index contributed by atoms with van der Waals surface area (Å²) >= 11 is 0. The molecule has 2 heterocycles. The lowest BCUT2D eigenvalue weighted by Crippen LogP contribution is -2.32. The van der Waals surface area contributed by atoms with E-state index >= 15 is 0 Å². The molecule has 2 atom stereocenters. The van der Waals surface area contributed by atoms with Gasteiger partial charge >= 0.3 is 0 Å². The Balaban J connectivity index is 2.07. The summed E-state index contributed by atoms with van der Waals surface area (Å²) in [5, 5.41) is 0. The SMILES string of the molecule is CC1CCN2CCc3ccccc3[C@@H]12. The van der Waals surface area contributed by atoms with Crippen LogP contribution in [0.1, 0.15) is 30.5 Å². The number of rotatable bonds is 0. The minimum atomic E-state index is 0.722. The second-order valence-corrected chi connectivity index (χ2v) is 4.70. The predicted molar refractivity (Wildman–Crippen MR) is 58.2 cm³/mol. The van der Waals surface area contributed by atoms with Crippen LogP contribution >= 0.6 is 0 Å². The van der Waals surface area contributed by atoms with Gasteiger partial charge in [0.2, 0.25) is 0 Å². The maximum Gasteiger partial charge on any atom is 0.0376 e. The summed E-state index contributed by atoms with van der Waals surface area (Å²) in [5.41, 5.74) is 3.19. The summed E-state index contributed by atoms with van der Waals surface area (Å²) in [4.78, 5) is 2.66. The van der Waals surface area contributed by atoms with Gasteiger partial charge in [0.15, 0.2) is 0 Å². The minimum Gasteiger partial charge on any atom is -0.296 e. The van der Waals surface area contributed by atoms with Gasteiger partial charge in [-0.3, -0.25) is 4.90 Å². The van der Waals surface area contributed by atoms with Crippen LogP contribution < -0.4 is 0 Å². The lowest BCUT2D eigenvalue weighted by atomic mass is 9.88. The molecule has 1 heteroatoms. The van der Waals surface area contributed by atoms with Crippen molar-refractivity contribution in [1.82, 2.24) is 4.90 Å². The second-order valence-electron chi connectivity index (χ2n) is 4.70. The molecule has 1 aromatic carbocycles. The van der Waals surface area contributed by atoms with Crippen LogP contribution in [-0.2, 0) is 6.42 Å². The number of fused-ring (bicyclic) bond motifs is 3. The zero-order valence-electron chi connectivity index (χ0n) is 8.74. The molecule has 0 amide bonds. The molecule has 74 valence electrons. The molecular formula is C13H17N. The van der Waals surface area contributed by atoms with Crippen molar-refractivity contribution in [2.75, 3.05) is 13.1 Å². The Kier molecular flexibility index (Phi) is 1.88. The molecule has 1 aromatic rings. The molecule has 1 saturated heterocycles. The molecule has 3 rings (SSSR count). The van der Waals surface area contributed by atoms with E-state index in [1.807, 2.05) is 0 Å². The highest BCUT2D eigenvalue weighted by Crippen LogP contribution is 2.40. The average Bonchev–Trinajstić information content (AvgIpc) is 2.61. The average molecular weight is 187 g/mol. The number of benzene rings is 1. The summed E-state index contributed by atoms with van der Waals surface area (Å²) < 4.78 is 0. The van der Waals surface area contributed by atoms with Gasteiger partial charge in [0.25, 0.3) is 0 Å². The largest absolute Gasteiger partial charge is 0.296 e. The summed E-state index contributed by atoms with van der Waals surface area (Å²) in [6, 6.07) is 9.72. The van der Waals surface area contributed by atoms with Gasteiger partial charge in [0.1, 0.15) is 0 Å². The van der Waals surface area contributed by atoms with Crippen LogP contribution in [0.15, 0.2) is 24.3 Å². The van der Waals surface area contributed by atoms with E-state index in [0.717, 1.165) is 12.0 Å². The van der Waals surface area contributed by atoms with Crippen molar-refractivity contribution in [2.24, 2.45) is 5.92 Å². The molecular weight excluding hydrogens is 170 g/mol. The van der Waals surface area contributed by atoms with Gasteiger partial charge in [-0.2, -0.15) is 0 Å². The molecule has 0 bridgehead atoms. The molecule has 14 heavy (non-hydrogen) atoms. The second kappa shape index (κ2) is 3.09. The fraction of sp³-hybridized carbons (Fsp3) is 0.538. The Morgan fingerprint density at radius 3 is 3.00 bits per heavy atom. The lowest BCUT2D eigenvalue weighted by Gasteiger charge is -2.33. The van der Waals surface area contributed by atoms with E-state index in [-0.39, 0.29) is 0 Å². The normalized spacial score (nSPS) is 31.2. The fourth-order valence-corrected chi connectivity index (χ4v) is 3.09. The van der Waals surface area contributed by atoms with Crippen molar-refractivity contribution in [3.05, 3.63) is 35.4 Å². The third-order valence-electron chi connectivity index (χ3n) is 3.85. The van der Waals surface area contributed by atoms with Crippen molar-refractivity contribution in [1.29, 1.82) is 0 Å². The number of hydrogen-bond donors (Lipinski definition) is 0. The monoisotopic (exact) mass is 187 g/mol. The highest BCUT2D eigenvalue weighted by atomic mass is 15.2. The molecule has 0 saturated carbocycles. The molecule has 2 aliphatic rings. The van der Waals surface area contributed by atoms with Crippen molar-refractivity contribution >= 4 is 0 Å². The first-order valence-electron chi connectivity index (χ1n) is 5.68. The quantitative estimate of drug-likeness (QED) is 0.603. The van der Waals surface area contributed by atoms with E-state index < -0.39 is 0 Å². The lowest BCUT2D eigenvalue weighted by molar-refractivity contribution is 0.220. The molecule has 0 radical (unpaired) electrons. The Hall–Kier alpha value is -0.820. The van der Waals surface area contributed by atoms with E-state index in [4.69, 9.17) is 0 Å². The van der Waals surface area contributed by atoms with E-state index in [1.165, 1.54) is 25.9 Å².